The lowest BCUT2D eigenvalue weighted by atomic mass is 9.67. The summed E-state index contributed by atoms with van der Waals surface area (Å²) in [7, 11) is 0. The Morgan fingerprint density at radius 1 is 1.17 bits per heavy atom. The maximum absolute atomic E-state index is 11.0. The van der Waals surface area contributed by atoms with E-state index < -0.39 is 5.60 Å². The third-order valence-corrected chi connectivity index (χ3v) is 6.67. The van der Waals surface area contributed by atoms with Gasteiger partial charge in [0.25, 0.3) is 0 Å². The zero-order valence-electron chi connectivity index (χ0n) is 14.3. The van der Waals surface area contributed by atoms with Crippen LogP contribution in [-0.4, -0.2) is 34.7 Å². The number of aliphatic hydroxyl groups is 1. The average molecular weight is 356 g/mol. The zero-order chi connectivity index (χ0) is 16.8. The molecule has 0 spiro atoms. The normalized spacial score (nSPS) is 32.6. The van der Waals surface area contributed by atoms with Crippen LogP contribution < -0.4 is 0 Å². The van der Waals surface area contributed by atoms with E-state index in [9.17, 15) is 5.11 Å². The fraction of sp³-hybridized carbons (Fsp3) is 0.684. The predicted octanol–water partition coefficient (Wildman–Crippen LogP) is 5.11. The molecule has 1 N–H and O–H groups in total. The molecule has 0 radical (unpaired) electrons. The zero-order valence-corrected chi connectivity index (χ0v) is 15.8. The van der Waals surface area contributed by atoms with Gasteiger partial charge in [-0.05, 0) is 54.7 Å². The van der Waals surface area contributed by atoms with Crippen LogP contribution in [0.2, 0.25) is 10.0 Å². The van der Waals surface area contributed by atoms with E-state index in [4.69, 9.17) is 23.2 Å². The lowest BCUT2D eigenvalue weighted by Gasteiger charge is -2.52. The third kappa shape index (κ3) is 3.28. The van der Waals surface area contributed by atoms with Gasteiger partial charge in [-0.25, -0.2) is 0 Å². The highest BCUT2D eigenvalue weighted by molar-refractivity contribution is 6.36. The van der Waals surface area contributed by atoms with E-state index in [-0.39, 0.29) is 5.41 Å². The maximum atomic E-state index is 11.0. The molecule has 1 aromatic rings. The molecule has 0 amide bonds. The molecular formula is C19H27Cl2NO. The van der Waals surface area contributed by atoms with Gasteiger partial charge in [-0.2, -0.15) is 0 Å². The Morgan fingerprint density at radius 2 is 1.83 bits per heavy atom. The highest BCUT2D eigenvalue weighted by Gasteiger charge is 2.47. The van der Waals surface area contributed by atoms with Crippen molar-refractivity contribution < 1.29 is 5.11 Å². The Hall–Kier alpha value is -0.280. The van der Waals surface area contributed by atoms with E-state index in [1.54, 1.807) is 0 Å². The van der Waals surface area contributed by atoms with Crippen molar-refractivity contribution in [2.75, 3.05) is 13.1 Å². The second-order valence-corrected chi connectivity index (χ2v) is 9.11. The molecule has 0 aliphatic carbocycles. The van der Waals surface area contributed by atoms with Crippen LogP contribution in [0.25, 0.3) is 0 Å². The lowest BCUT2D eigenvalue weighted by molar-refractivity contribution is -0.122. The molecule has 2 aliphatic heterocycles. The van der Waals surface area contributed by atoms with Gasteiger partial charge >= 0.3 is 0 Å². The molecule has 0 saturated carbocycles. The molecule has 128 valence electrons. The minimum Gasteiger partial charge on any atom is -0.389 e. The molecule has 3 rings (SSSR count). The topological polar surface area (TPSA) is 23.5 Å². The molecule has 2 heterocycles. The van der Waals surface area contributed by atoms with E-state index in [2.05, 4.69) is 25.7 Å². The first-order chi connectivity index (χ1) is 10.7. The van der Waals surface area contributed by atoms with Gasteiger partial charge in [0, 0.05) is 29.2 Å². The summed E-state index contributed by atoms with van der Waals surface area (Å²) >= 11 is 12.8. The van der Waals surface area contributed by atoms with Gasteiger partial charge in [0.1, 0.15) is 0 Å². The van der Waals surface area contributed by atoms with E-state index >= 15 is 0 Å². The van der Waals surface area contributed by atoms with Crippen LogP contribution in [0, 0.1) is 5.41 Å². The predicted molar refractivity (Wildman–Crippen MR) is 97.4 cm³/mol. The number of halogens is 2. The fourth-order valence-corrected chi connectivity index (χ4v) is 4.95. The largest absolute Gasteiger partial charge is 0.389 e. The van der Waals surface area contributed by atoms with Gasteiger partial charge in [0.05, 0.1) is 5.60 Å². The second kappa shape index (κ2) is 6.22. The van der Waals surface area contributed by atoms with Gasteiger partial charge in [-0.1, -0.05) is 50.0 Å². The monoisotopic (exact) mass is 355 g/mol. The number of nitrogens with zero attached hydrogens (tertiary/aromatic N) is 1. The Bertz CT molecular complexity index is 563. The lowest BCUT2D eigenvalue weighted by Crippen LogP contribution is -2.57. The van der Waals surface area contributed by atoms with Crippen molar-refractivity contribution >= 4 is 23.2 Å². The van der Waals surface area contributed by atoms with Crippen molar-refractivity contribution in [1.82, 2.24) is 4.90 Å². The molecule has 0 unspecified atom stereocenters. The van der Waals surface area contributed by atoms with Crippen molar-refractivity contribution in [3.8, 4) is 0 Å². The summed E-state index contributed by atoms with van der Waals surface area (Å²) in [5, 5.41) is 12.6. The van der Waals surface area contributed by atoms with Crippen LogP contribution in [0.1, 0.15) is 57.9 Å². The molecule has 0 aromatic heterocycles. The van der Waals surface area contributed by atoms with Gasteiger partial charge < -0.3 is 5.11 Å². The molecule has 3 atom stereocenters. The SMILES string of the molecule is CC(C)(C)[C@]1(O)CCN2C[C@@H](c3c(Cl)cccc3Cl)CC[C@@H]2C1. The number of benzene rings is 1. The van der Waals surface area contributed by atoms with Crippen LogP contribution in [-0.2, 0) is 0 Å². The first kappa shape index (κ1) is 17.5. The summed E-state index contributed by atoms with van der Waals surface area (Å²) in [4.78, 5) is 2.54. The molecule has 2 nitrogen and oxygen atoms in total. The quantitative estimate of drug-likeness (QED) is 0.756. The van der Waals surface area contributed by atoms with E-state index in [0.29, 0.717) is 12.0 Å². The average Bonchev–Trinajstić information content (AvgIpc) is 2.46. The Labute approximate surface area is 149 Å². The molecule has 23 heavy (non-hydrogen) atoms. The first-order valence-corrected chi connectivity index (χ1v) is 9.37. The van der Waals surface area contributed by atoms with Crippen LogP contribution in [0.3, 0.4) is 0 Å². The maximum Gasteiger partial charge on any atom is 0.0722 e. The summed E-state index contributed by atoms with van der Waals surface area (Å²) in [6.45, 7) is 8.40. The minimum atomic E-state index is -0.553. The Morgan fingerprint density at radius 3 is 2.43 bits per heavy atom. The number of hydrogen-bond acceptors (Lipinski definition) is 2. The first-order valence-electron chi connectivity index (χ1n) is 8.62. The number of hydrogen-bond donors (Lipinski definition) is 1. The van der Waals surface area contributed by atoms with Crippen molar-refractivity contribution in [1.29, 1.82) is 0 Å². The molecule has 2 saturated heterocycles. The van der Waals surface area contributed by atoms with Gasteiger partial charge in [-0.3, -0.25) is 4.90 Å². The van der Waals surface area contributed by atoms with Crippen LogP contribution in [0.4, 0.5) is 0 Å². The van der Waals surface area contributed by atoms with Crippen LogP contribution >= 0.6 is 23.2 Å². The summed E-state index contributed by atoms with van der Waals surface area (Å²) in [6, 6.07) is 6.25. The fourth-order valence-electron chi connectivity index (χ4n) is 4.24. The third-order valence-electron chi connectivity index (χ3n) is 6.01. The minimum absolute atomic E-state index is 0.0675. The van der Waals surface area contributed by atoms with Crippen LogP contribution in [0.5, 0.6) is 0 Å². The Balaban J connectivity index is 1.75. The summed E-state index contributed by atoms with van der Waals surface area (Å²) in [6.07, 6.45) is 3.91. The van der Waals surface area contributed by atoms with Gasteiger partial charge in [0.15, 0.2) is 0 Å². The molecule has 1 aromatic carbocycles. The summed E-state index contributed by atoms with van der Waals surface area (Å²) < 4.78 is 0. The van der Waals surface area contributed by atoms with Crippen molar-refractivity contribution in [3.05, 3.63) is 33.8 Å². The van der Waals surface area contributed by atoms with Crippen molar-refractivity contribution in [2.45, 2.75) is 64.0 Å². The van der Waals surface area contributed by atoms with Gasteiger partial charge in [-0.15, -0.1) is 0 Å². The van der Waals surface area contributed by atoms with E-state index in [1.807, 2.05) is 18.2 Å². The Kier molecular flexibility index (Phi) is 4.74. The van der Waals surface area contributed by atoms with Gasteiger partial charge in [0.2, 0.25) is 0 Å². The van der Waals surface area contributed by atoms with E-state index in [0.717, 1.165) is 54.4 Å². The van der Waals surface area contributed by atoms with E-state index in [1.165, 1.54) is 0 Å². The number of rotatable bonds is 1. The molecule has 2 aliphatic rings. The van der Waals surface area contributed by atoms with Crippen molar-refractivity contribution in [3.63, 3.8) is 0 Å². The standard InChI is InChI=1S/C19H27Cl2NO/c1-18(2,3)19(23)9-10-22-12-13(7-8-14(22)11-19)17-15(20)5-4-6-16(17)21/h4-6,13-14,23H,7-12H2,1-3H3/t13-,14+,19-/m0/s1. The highest BCUT2D eigenvalue weighted by atomic mass is 35.5. The summed E-state index contributed by atoms with van der Waals surface area (Å²) in [5.41, 5.74) is 0.483. The molecule has 4 heteroatoms. The van der Waals surface area contributed by atoms with Crippen LogP contribution in [0.15, 0.2) is 18.2 Å². The number of fused-ring (bicyclic) bond motifs is 1. The molecule has 0 bridgehead atoms. The van der Waals surface area contributed by atoms with Crippen molar-refractivity contribution in [2.24, 2.45) is 5.41 Å². The molecular weight excluding hydrogens is 329 g/mol. The second-order valence-electron chi connectivity index (χ2n) is 8.29. The summed E-state index contributed by atoms with van der Waals surface area (Å²) in [5.74, 6) is 0.397. The molecule has 2 fully saturated rings. The highest BCUT2D eigenvalue weighted by Crippen LogP contribution is 2.45. The smallest absolute Gasteiger partial charge is 0.0722 e. The number of piperidine rings is 2.